The fraction of sp³-hybridized carbons (Fsp3) is 0. The molecule has 0 saturated heterocycles. The lowest BCUT2D eigenvalue weighted by molar-refractivity contribution is 0.778. The van der Waals surface area contributed by atoms with Gasteiger partial charge in [-0.15, -0.1) is 0 Å². The summed E-state index contributed by atoms with van der Waals surface area (Å²) in [7, 11) is 0. The fourth-order valence-corrected chi connectivity index (χ4v) is 3.55. The minimum absolute atomic E-state index is 0.127. The maximum atomic E-state index is 13.3. The zero-order chi connectivity index (χ0) is 18.4. The van der Waals surface area contributed by atoms with Gasteiger partial charge in [0, 0.05) is 16.7 Å². The Morgan fingerprint density at radius 2 is 1.52 bits per heavy atom. The lowest BCUT2D eigenvalue weighted by Gasteiger charge is -2.11. The lowest BCUT2D eigenvalue weighted by Crippen LogP contribution is -2.21. The van der Waals surface area contributed by atoms with Crippen molar-refractivity contribution in [3.05, 3.63) is 100 Å². The molecule has 5 aromatic rings. The average molecular weight is 372 g/mol. The first-order valence-electron chi connectivity index (χ1n) is 8.57. The van der Waals surface area contributed by atoms with E-state index in [4.69, 9.17) is 11.6 Å². The Bertz CT molecular complexity index is 1340. The Morgan fingerprint density at radius 3 is 2.26 bits per heavy atom. The molecule has 0 unspecified atom stereocenters. The van der Waals surface area contributed by atoms with Gasteiger partial charge in [0.15, 0.2) is 5.65 Å². The van der Waals surface area contributed by atoms with Crippen LogP contribution in [0.3, 0.4) is 0 Å². The third kappa shape index (κ3) is 2.54. The van der Waals surface area contributed by atoms with Gasteiger partial charge < -0.3 is 0 Å². The van der Waals surface area contributed by atoms with E-state index in [0.29, 0.717) is 21.6 Å². The first-order valence-corrected chi connectivity index (χ1v) is 8.95. The van der Waals surface area contributed by atoms with Crippen molar-refractivity contribution in [2.75, 3.05) is 0 Å². The van der Waals surface area contributed by atoms with E-state index in [1.54, 1.807) is 22.7 Å². The van der Waals surface area contributed by atoms with Gasteiger partial charge in [-0.25, -0.2) is 9.67 Å². The van der Waals surface area contributed by atoms with E-state index in [1.165, 1.54) is 0 Å². The Hall–Kier alpha value is -3.37. The lowest BCUT2D eigenvalue weighted by atomic mass is 10.1. The van der Waals surface area contributed by atoms with Crippen LogP contribution in [0, 0.1) is 0 Å². The molecule has 0 atom stereocenters. The van der Waals surface area contributed by atoms with Crippen molar-refractivity contribution < 1.29 is 0 Å². The molecule has 2 heterocycles. The molecule has 3 aromatic carbocycles. The van der Waals surface area contributed by atoms with Gasteiger partial charge in [-0.05, 0) is 30.3 Å². The summed E-state index contributed by atoms with van der Waals surface area (Å²) in [5.41, 5.74) is 3.84. The standard InChI is InChI=1S/C22H14ClN3O/c23-16-11-12-18-19(13-16)24-21-14-20(15-7-3-1-4-8-15)25(26(21)22(18)27)17-9-5-2-6-10-17/h1-14H. The summed E-state index contributed by atoms with van der Waals surface area (Å²) < 4.78 is 3.53. The number of hydrogen-bond donors (Lipinski definition) is 0. The molecule has 130 valence electrons. The van der Waals surface area contributed by atoms with E-state index < -0.39 is 0 Å². The maximum absolute atomic E-state index is 13.3. The molecular formula is C22H14ClN3O. The molecule has 0 aliphatic heterocycles. The summed E-state index contributed by atoms with van der Waals surface area (Å²) >= 11 is 6.10. The number of benzene rings is 3. The maximum Gasteiger partial charge on any atom is 0.281 e. The molecule has 0 aliphatic carbocycles. The molecule has 27 heavy (non-hydrogen) atoms. The van der Waals surface area contributed by atoms with Crippen LogP contribution >= 0.6 is 11.6 Å². The topological polar surface area (TPSA) is 39.3 Å². The summed E-state index contributed by atoms with van der Waals surface area (Å²) in [5, 5.41) is 1.09. The van der Waals surface area contributed by atoms with E-state index in [2.05, 4.69) is 4.98 Å². The third-order valence-corrected chi connectivity index (χ3v) is 4.83. The van der Waals surface area contributed by atoms with E-state index in [9.17, 15) is 4.79 Å². The second kappa shape index (κ2) is 6.11. The summed E-state index contributed by atoms with van der Waals surface area (Å²) in [6, 6.07) is 26.9. The van der Waals surface area contributed by atoms with E-state index in [-0.39, 0.29) is 5.56 Å². The van der Waals surface area contributed by atoms with Crippen LogP contribution in [0.5, 0.6) is 0 Å². The number of nitrogens with zero attached hydrogens (tertiary/aromatic N) is 3. The van der Waals surface area contributed by atoms with Crippen LogP contribution in [0.15, 0.2) is 89.7 Å². The second-order valence-corrected chi connectivity index (χ2v) is 6.73. The van der Waals surface area contributed by atoms with Crippen LogP contribution in [-0.2, 0) is 0 Å². The molecule has 0 spiro atoms. The monoisotopic (exact) mass is 371 g/mol. The van der Waals surface area contributed by atoms with E-state index in [0.717, 1.165) is 16.9 Å². The van der Waals surface area contributed by atoms with Crippen molar-refractivity contribution in [1.29, 1.82) is 0 Å². The van der Waals surface area contributed by atoms with Crippen molar-refractivity contribution >= 4 is 28.2 Å². The largest absolute Gasteiger partial charge is 0.281 e. The normalized spacial score (nSPS) is 11.3. The number of hydrogen-bond acceptors (Lipinski definition) is 2. The Labute approximate surface area is 159 Å². The summed E-state index contributed by atoms with van der Waals surface area (Å²) in [6.07, 6.45) is 0. The average Bonchev–Trinajstić information content (AvgIpc) is 3.09. The zero-order valence-corrected chi connectivity index (χ0v) is 15.0. The minimum atomic E-state index is -0.127. The Kier molecular flexibility index (Phi) is 3.59. The van der Waals surface area contributed by atoms with Gasteiger partial charge >= 0.3 is 0 Å². The summed E-state index contributed by atoms with van der Waals surface area (Å²) in [6.45, 7) is 0. The molecule has 5 rings (SSSR count). The fourth-order valence-electron chi connectivity index (χ4n) is 3.38. The molecule has 0 amide bonds. The van der Waals surface area contributed by atoms with Crippen molar-refractivity contribution in [3.8, 4) is 16.9 Å². The van der Waals surface area contributed by atoms with Gasteiger partial charge in [0.1, 0.15) is 0 Å². The van der Waals surface area contributed by atoms with Gasteiger partial charge in [-0.3, -0.25) is 4.79 Å². The first kappa shape index (κ1) is 15.9. The third-order valence-electron chi connectivity index (χ3n) is 4.60. The van der Waals surface area contributed by atoms with E-state index >= 15 is 0 Å². The molecule has 5 heteroatoms. The second-order valence-electron chi connectivity index (χ2n) is 6.29. The number of halogens is 1. The van der Waals surface area contributed by atoms with Gasteiger partial charge in [0.2, 0.25) is 0 Å². The van der Waals surface area contributed by atoms with Crippen LogP contribution in [0.2, 0.25) is 5.02 Å². The number of para-hydroxylation sites is 1. The number of aromatic nitrogens is 3. The smallest absolute Gasteiger partial charge is 0.267 e. The highest BCUT2D eigenvalue weighted by molar-refractivity contribution is 6.31. The van der Waals surface area contributed by atoms with Crippen LogP contribution in [-0.4, -0.2) is 14.2 Å². The zero-order valence-electron chi connectivity index (χ0n) is 14.2. The predicted molar refractivity (Wildman–Crippen MR) is 109 cm³/mol. The van der Waals surface area contributed by atoms with Crippen molar-refractivity contribution in [3.63, 3.8) is 0 Å². The SMILES string of the molecule is O=c1c2ccc(Cl)cc2nc2cc(-c3ccccc3)n(-c3ccccc3)n12. The van der Waals surface area contributed by atoms with Gasteiger partial charge in [-0.2, -0.15) is 4.52 Å². The first-order chi connectivity index (χ1) is 13.2. The molecule has 4 nitrogen and oxygen atoms in total. The Balaban J connectivity index is 1.96. The molecule has 2 aromatic heterocycles. The molecular weight excluding hydrogens is 358 g/mol. The minimum Gasteiger partial charge on any atom is -0.267 e. The van der Waals surface area contributed by atoms with Crippen LogP contribution in [0.4, 0.5) is 0 Å². The van der Waals surface area contributed by atoms with E-state index in [1.807, 2.05) is 71.4 Å². The summed E-state index contributed by atoms with van der Waals surface area (Å²) in [4.78, 5) is 18.0. The van der Waals surface area contributed by atoms with Crippen molar-refractivity contribution in [2.24, 2.45) is 0 Å². The quantitative estimate of drug-likeness (QED) is 0.440. The van der Waals surface area contributed by atoms with Crippen LogP contribution < -0.4 is 5.56 Å². The molecule has 0 saturated carbocycles. The number of fused-ring (bicyclic) bond motifs is 2. The highest BCUT2D eigenvalue weighted by Gasteiger charge is 2.16. The highest BCUT2D eigenvalue weighted by atomic mass is 35.5. The molecule has 0 N–H and O–H groups in total. The summed E-state index contributed by atoms with van der Waals surface area (Å²) in [5.74, 6) is 0. The Morgan fingerprint density at radius 1 is 0.815 bits per heavy atom. The van der Waals surface area contributed by atoms with Crippen LogP contribution in [0.1, 0.15) is 0 Å². The van der Waals surface area contributed by atoms with Gasteiger partial charge in [0.25, 0.3) is 5.56 Å². The molecule has 0 aliphatic rings. The van der Waals surface area contributed by atoms with Crippen molar-refractivity contribution in [2.45, 2.75) is 0 Å². The van der Waals surface area contributed by atoms with Crippen LogP contribution in [0.25, 0.3) is 33.5 Å². The predicted octanol–water partition coefficient (Wildman–Crippen LogP) is 4.96. The van der Waals surface area contributed by atoms with Gasteiger partial charge in [0.05, 0.1) is 22.3 Å². The molecule has 0 fully saturated rings. The highest BCUT2D eigenvalue weighted by Crippen LogP contribution is 2.26. The number of rotatable bonds is 2. The molecule has 0 radical (unpaired) electrons. The van der Waals surface area contributed by atoms with Gasteiger partial charge in [-0.1, -0.05) is 60.1 Å². The molecule has 0 bridgehead atoms. The van der Waals surface area contributed by atoms with Crippen molar-refractivity contribution in [1.82, 2.24) is 14.2 Å².